The number of nitrogens with zero attached hydrogens (tertiary/aromatic N) is 1. The van der Waals surface area contributed by atoms with E-state index in [4.69, 9.17) is 12.2 Å². The van der Waals surface area contributed by atoms with Gasteiger partial charge in [0.25, 0.3) is 0 Å². The molecule has 5 heteroatoms. The van der Waals surface area contributed by atoms with Gasteiger partial charge in [-0.2, -0.15) is 0 Å². The van der Waals surface area contributed by atoms with Crippen LogP contribution in [0.5, 0.6) is 5.75 Å². The van der Waals surface area contributed by atoms with Crippen LogP contribution in [0.2, 0.25) is 0 Å². The van der Waals surface area contributed by atoms with Gasteiger partial charge in [0.2, 0.25) is 0 Å². The van der Waals surface area contributed by atoms with E-state index in [1.807, 2.05) is 6.07 Å². The number of rotatable bonds is 6. The third-order valence-corrected chi connectivity index (χ3v) is 6.90. The number of aromatic hydroxyl groups is 1. The Labute approximate surface area is 139 Å². The topological polar surface area (TPSA) is 23.5 Å². The molecule has 0 bridgehead atoms. The standard InChI is InChI=1S/C16H21NOS3/c1-4-13-15(20-21-16(13)19)11-7-8-14(18)12(9-11)10-17(5-2)6-3/h7-9,18H,4-6,10H2,1-3H3. The average molecular weight is 340 g/mol. The highest BCUT2D eigenvalue weighted by Crippen LogP contribution is 2.36. The lowest BCUT2D eigenvalue weighted by Gasteiger charge is -2.19. The predicted octanol–water partition coefficient (Wildman–Crippen LogP) is 5.32. The summed E-state index contributed by atoms with van der Waals surface area (Å²) in [5.41, 5.74) is 3.42. The quantitative estimate of drug-likeness (QED) is 0.569. The highest BCUT2D eigenvalue weighted by molar-refractivity contribution is 7.80. The smallest absolute Gasteiger partial charge is 0.120 e. The minimum atomic E-state index is 0.377. The summed E-state index contributed by atoms with van der Waals surface area (Å²) in [6.07, 6.45) is 0.959. The molecular weight excluding hydrogens is 318 g/mol. The SMILES string of the molecule is CCc1c(-c2ccc(O)c(CN(CC)CC)c2)ssc1=S. The van der Waals surface area contributed by atoms with Crippen molar-refractivity contribution in [2.45, 2.75) is 33.7 Å². The van der Waals surface area contributed by atoms with Crippen molar-refractivity contribution in [3.8, 4) is 16.2 Å². The number of phenolic OH excluding ortho intramolecular Hbond substituents is 1. The van der Waals surface area contributed by atoms with Crippen LogP contribution in [-0.2, 0) is 13.0 Å². The van der Waals surface area contributed by atoms with E-state index in [1.165, 1.54) is 16.0 Å². The molecule has 2 nitrogen and oxygen atoms in total. The minimum absolute atomic E-state index is 0.377. The maximum Gasteiger partial charge on any atom is 0.120 e. The first-order valence-corrected chi connectivity index (χ1v) is 9.83. The third-order valence-electron chi connectivity index (χ3n) is 3.70. The van der Waals surface area contributed by atoms with Crippen molar-refractivity contribution >= 4 is 32.9 Å². The fraction of sp³-hybridized carbons (Fsp3) is 0.438. The van der Waals surface area contributed by atoms with Gasteiger partial charge in [-0.1, -0.05) is 53.7 Å². The molecule has 0 spiro atoms. The van der Waals surface area contributed by atoms with Crippen LogP contribution in [0.4, 0.5) is 0 Å². The number of benzene rings is 1. The Hall–Kier alpha value is -0.750. The second-order valence-corrected chi connectivity index (χ2v) is 7.74. The molecule has 0 radical (unpaired) electrons. The fourth-order valence-electron chi connectivity index (χ4n) is 2.34. The van der Waals surface area contributed by atoms with Crippen molar-refractivity contribution < 1.29 is 5.11 Å². The minimum Gasteiger partial charge on any atom is -0.508 e. The third kappa shape index (κ3) is 3.72. The molecule has 0 saturated heterocycles. The van der Waals surface area contributed by atoms with Crippen molar-refractivity contribution in [3.63, 3.8) is 0 Å². The monoisotopic (exact) mass is 339 g/mol. The van der Waals surface area contributed by atoms with Gasteiger partial charge in [0.1, 0.15) is 9.57 Å². The Morgan fingerprint density at radius 2 is 1.86 bits per heavy atom. The van der Waals surface area contributed by atoms with Crippen LogP contribution >= 0.6 is 32.9 Å². The molecule has 0 aliphatic rings. The number of phenols is 1. The van der Waals surface area contributed by atoms with Crippen molar-refractivity contribution in [1.82, 2.24) is 4.90 Å². The molecule has 0 unspecified atom stereocenters. The van der Waals surface area contributed by atoms with Crippen molar-refractivity contribution in [2.24, 2.45) is 0 Å². The van der Waals surface area contributed by atoms with Crippen LogP contribution in [0.15, 0.2) is 18.2 Å². The summed E-state index contributed by atoms with van der Waals surface area (Å²) in [5, 5.41) is 10.1. The first-order valence-electron chi connectivity index (χ1n) is 7.27. The van der Waals surface area contributed by atoms with Gasteiger partial charge in [-0.05, 0) is 48.8 Å². The van der Waals surface area contributed by atoms with Gasteiger partial charge in [-0.3, -0.25) is 4.90 Å². The van der Waals surface area contributed by atoms with Gasteiger partial charge in [-0.15, -0.1) is 0 Å². The largest absolute Gasteiger partial charge is 0.508 e. The molecule has 0 aliphatic heterocycles. The van der Waals surface area contributed by atoms with E-state index in [2.05, 4.69) is 31.7 Å². The summed E-state index contributed by atoms with van der Waals surface area (Å²) < 4.78 is 0.996. The molecule has 2 rings (SSSR count). The van der Waals surface area contributed by atoms with Crippen LogP contribution in [0.3, 0.4) is 0 Å². The number of hydrogen-bond acceptors (Lipinski definition) is 5. The van der Waals surface area contributed by atoms with E-state index in [0.29, 0.717) is 5.75 Å². The van der Waals surface area contributed by atoms with E-state index < -0.39 is 0 Å². The normalized spacial score (nSPS) is 11.2. The maximum absolute atomic E-state index is 10.1. The highest BCUT2D eigenvalue weighted by Gasteiger charge is 2.12. The molecule has 1 N–H and O–H groups in total. The lowest BCUT2D eigenvalue weighted by Crippen LogP contribution is -2.22. The molecule has 0 fully saturated rings. The zero-order chi connectivity index (χ0) is 15.4. The van der Waals surface area contributed by atoms with E-state index in [0.717, 1.165) is 35.4 Å². The predicted molar refractivity (Wildman–Crippen MR) is 96.1 cm³/mol. The first kappa shape index (κ1) is 16.6. The number of hydrogen-bond donors (Lipinski definition) is 1. The molecule has 0 saturated carbocycles. The molecule has 0 atom stereocenters. The molecule has 1 heterocycles. The summed E-state index contributed by atoms with van der Waals surface area (Å²) in [6.45, 7) is 9.18. The van der Waals surface area contributed by atoms with E-state index in [9.17, 15) is 5.11 Å². The Balaban J connectivity index is 2.40. The summed E-state index contributed by atoms with van der Waals surface area (Å²) in [7, 11) is 3.41. The Morgan fingerprint density at radius 1 is 1.14 bits per heavy atom. The molecular formula is C16H21NOS3. The molecule has 1 aromatic carbocycles. The second kappa shape index (κ2) is 7.49. The van der Waals surface area contributed by atoms with Crippen LogP contribution < -0.4 is 0 Å². The summed E-state index contributed by atoms with van der Waals surface area (Å²) in [6, 6.07) is 5.91. The Morgan fingerprint density at radius 3 is 2.48 bits per heavy atom. The molecule has 114 valence electrons. The van der Waals surface area contributed by atoms with Gasteiger partial charge < -0.3 is 5.11 Å². The van der Waals surface area contributed by atoms with E-state index in [-0.39, 0.29) is 0 Å². The van der Waals surface area contributed by atoms with Gasteiger partial charge in [0.05, 0.1) is 4.88 Å². The summed E-state index contributed by atoms with van der Waals surface area (Å²) in [5.74, 6) is 0.377. The van der Waals surface area contributed by atoms with Crippen molar-refractivity contribution in [2.75, 3.05) is 13.1 Å². The van der Waals surface area contributed by atoms with Crippen LogP contribution in [-0.4, -0.2) is 23.1 Å². The zero-order valence-corrected chi connectivity index (χ0v) is 15.1. The zero-order valence-electron chi connectivity index (χ0n) is 12.7. The van der Waals surface area contributed by atoms with Gasteiger partial charge in [-0.25, -0.2) is 0 Å². The second-order valence-electron chi connectivity index (χ2n) is 4.92. The van der Waals surface area contributed by atoms with Gasteiger partial charge >= 0.3 is 0 Å². The molecule has 0 aliphatic carbocycles. The van der Waals surface area contributed by atoms with Crippen LogP contribution in [0.25, 0.3) is 10.4 Å². The van der Waals surface area contributed by atoms with Crippen LogP contribution in [0.1, 0.15) is 31.9 Å². The first-order chi connectivity index (χ1) is 10.1. The highest BCUT2D eigenvalue weighted by atomic mass is 32.9. The Kier molecular flexibility index (Phi) is 5.93. The molecule has 0 amide bonds. The average Bonchev–Trinajstić information content (AvgIpc) is 2.87. The molecule has 2 aromatic rings. The van der Waals surface area contributed by atoms with Crippen LogP contribution in [0, 0.1) is 3.82 Å². The van der Waals surface area contributed by atoms with Crippen molar-refractivity contribution in [3.05, 3.63) is 33.1 Å². The molecule has 1 aromatic heterocycles. The van der Waals surface area contributed by atoms with Gasteiger partial charge in [0.15, 0.2) is 0 Å². The summed E-state index contributed by atoms with van der Waals surface area (Å²) >= 11 is 5.41. The summed E-state index contributed by atoms with van der Waals surface area (Å²) in [4.78, 5) is 3.56. The fourth-order valence-corrected chi connectivity index (χ4v) is 5.47. The van der Waals surface area contributed by atoms with Crippen molar-refractivity contribution in [1.29, 1.82) is 0 Å². The lowest BCUT2D eigenvalue weighted by atomic mass is 10.0. The lowest BCUT2D eigenvalue weighted by molar-refractivity contribution is 0.291. The Bertz CT molecular complexity index is 656. The van der Waals surface area contributed by atoms with Gasteiger partial charge in [0, 0.05) is 12.1 Å². The van der Waals surface area contributed by atoms with E-state index in [1.54, 1.807) is 26.7 Å². The molecule has 21 heavy (non-hydrogen) atoms. The van der Waals surface area contributed by atoms with E-state index >= 15 is 0 Å². The maximum atomic E-state index is 10.1.